The Morgan fingerprint density at radius 3 is 3.08 bits per heavy atom. The zero-order valence-corrected chi connectivity index (χ0v) is 16.2. The first-order valence-corrected chi connectivity index (χ1v) is 10.3. The lowest BCUT2D eigenvalue weighted by molar-refractivity contribution is -0.116. The van der Waals surface area contributed by atoms with Gasteiger partial charge in [-0.3, -0.25) is 4.79 Å². The van der Waals surface area contributed by atoms with Crippen molar-refractivity contribution < 1.29 is 19.0 Å². The second-order valence-corrected chi connectivity index (χ2v) is 7.64. The van der Waals surface area contributed by atoms with Crippen molar-refractivity contribution >= 4 is 35.1 Å². The number of thiophene rings is 1. The van der Waals surface area contributed by atoms with Gasteiger partial charge in [-0.05, 0) is 35.2 Å². The van der Waals surface area contributed by atoms with Crippen LogP contribution in [0.3, 0.4) is 0 Å². The van der Waals surface area contributed by atoms with E-state index in [1.165, 1.54) is 11.0 Å². The summed E-state index contributed by atoms with van der Waals surface area (Å²) in [5.41, 5.74) is 0.827. The Morgan fingerprint density at radius 1 is 1.38 bits per heavy atom. The predicted molar refractivity (Wildman–Crippen MR) is 107 cm³/mol. The maximum atomic E-state index is 12.0. The predicted octanol–water partition coefficient (Wildman–Crippen LogP) is 3.59. The van der Waals surface area contributed by atoms with Crippen LogP contribution < -0.4 is 19.5 Å². The lowest BCUT2D eigenvalue weighted by atomic mass is 10.1. The second-order valence-electron chi connectivity index (χ2n) is 5.50. The van der Waals surface area contributed by atoms with Crippen molar-refractivity contribution in [2.45, 2.75) is 5.75 Å². The van der Waals surface area contributed by atoms with Crippen LogP contribution in [0.1, 0.15) is 10.4 Å². The molecule has 1 aliphatic rings. The summed E-state index contributed by atoms with van der Waals surface area (Å²) in [7, 11) is 1.58. The fourth-order valence-electron chi connectivity index (χ4n) is 2.43. The lowest BCUT2D eigenvalue weighted by Gasteiger charge is -2.20. The molecule has 3 rings (SSSR count). The minimum Gasteiger partial charge on any atom is -0.493 e. The first kappa shape index (κ1) is 18.7. The summed E-state index contributed by atoms with van der Waals surface area (Å²) in [6, 6.07) is 7.85. The monoisotopic (exact) mass is 391 g/mol. The van der Waals surface area contributed by atoms with Crippen molar-refractivity contribution in [1.82, 2.24) is 5.32 Å². The topological polar surface area (TPSA) is 56.8 Å². The molecule has 1 N–H and O–H groups in total. The van der Waals surface area contributed by atoms with Gasteiger partial charge in [-0.1, -0.05) is 6.07 Å². The van der Waals surface area contributed by atoms with Crippen molar-refractivity contribution in [3.05, 3.63) is 46.2 Å². The van der Waals surface area contributed by atoms with Crippen LogP contribution in [0.2, 0.25) is 0 Å². The number of carbonyl (C=O) groups is 1. The number of nitrogens with one attached hydrogen (secondary N) is 1. The number of hydrogen-bond donors (Lipinski definition) is 1. The molecular weight excluding hydrogens is 370 g/mol. The maximum absolute atomic E-state index is 12.0. The summed E-state index contributed by atoms with van der Waals surface area (Å²) in [6.07, 6.45) is 3.27. The highest BCUT2D eigenvalue weighted by Gasteiger charge is 2.17. The summed E-state index contributed by atoms with van der Waals surface area (Å²) >= 11 is 3.57. The van der Waals surface area contributed by atoms with Gasteiger partial charge in [-0.2, -0.15) is 11.8 Å². The van der Waals surface area contributed by atoms with Crippen LogP contribution in [0.25, 0.3) is 6.08 Å². The van der Waals surface area contributed by atoms with Gasteiger partial charge in [-0.25, -0.2) is 0 Å². The highest BCUT2D eigenvalue weighted by Crippen LogP contribution is 2.40. The van der Waals surface area contributed by atoms with Crippen LogP contribution in [0.4, 0.5) is 0 Å². The summed E-state index contributed by atoms with van der Waals surface area (Å²) in [6.45, 7) is 1.65. The number of rotatable bonds is 8. The number of amides is 1. The third-order valence-corrected chi connectivity index (χ3v) is 5.71. The second kappa shape index (κ2) is 9.54. The van der Waals surface area contributed by atoms with Crippen molar-refractivity contribution in [1.29, 1.82) is 0 Å². The average molecular weight is 392 g/mol. The SMILES string of the molecule is COc1cc(/C=C/C(=O)NCCSCc2cccs2)cc2c1OCCO2. The molecule has 2 aromatic rings. The first-order valence-electron chi connectivity index (χ1n) is 8.30. The van der Waals surface area contributed by atoms with Crippen molar-refractivity contribution in [2.24, 2.45) is 0 Å². The zero-order chi connectivity index (χ0) is 18.2. The minimum absolute atomic E-state index is 0.115. The number of ether oxygens (including phenoxy) is 3. The molecule has 1 aromatic heterocycles. The Balaban J connectivity index is 1.47. The summed E-state index contributed by atoms with van der Waals surface area (Å²) in [4.78, 5) is 13.3. The fraction of sp³-hybridized carbons (Fsp3) is 0.316. The van der Waals surface area contributed by atoms with Crippen LogP contribution in [0, 0.1) is 0 Å². The smallest absolute Gasteiger partial charge is 0.244 e. The van der Waals surface area contributed by atoms with Gasteiger partial charge in [0.2, 0.25) is 11.7 Å². The molecule has 2 heterocycles. The van der Waals surface area contributed by atoms with E-state index in [2.05, 4.69) is 22.8 Å². The molecule has 7 heteroatoms. The molecule has 0 radical (unpaired) electrons. The van der Waals surface area contributed by atoms with E-state index in [0.717, 1.165) is 17.1 Å². The molecule has 5 nitrogen and oxygen atoms in total. The van der Waals surface area contributed by atoms with E-state index in [1.54, 1.807) is 24.5 Å². The van der Waals surface area contributed by atoms with E-state index >= 15 is 0 Å². The van der Waals surface area contributed by atoms with Gasteiger partial charge >= 0.3 is 0 Å². The van der Waals surface area contributed by atoms with Crippen LogP contribution in [0.5, 0.6) is 17.2 Å². The summed E-state index contributed by atoms with van der Waals surface area (Å²) < 4.78 is 16.5. The minimum atomic E-state index is -0.115. The molecule has 1 aromatic carbocycles. The molecule has 1 amide bonds. The Labute approximate surface area is 161 Å². The highest BCUT2D eigenvalue weighted by atomic mass is 32.2. The van der Waals surface area contributed by atoms with Crippen LogP contribution in [-0.2, 0) is 10.5 Å². The quantitative estimate of drug-likeness (QED) is 0.550. The normalized spacial score (nSPS) is 13.0. The molecule has 0 bridgehead atoms. The Bertz CT molecular complexity index is 742. The van der Waals surface area contributed by atoms with E-state index in [4.69, 9.17) is 14.2 Å². The van der Waals surface area contributed by atoms with Gasteiger partial charge in [0, 0.05) is 29.0 Å². The number of carbonyl (C=O) groups excluding carboxylic acids is 1. The molecular formula is C19H21NO4S2. The zero-order valence-electron chi connectivity index (χ0n) is 14.5. The molecule has 0 saturated carbocycles. The Morgan fingerprint density at radius 2 is 2.27 bits per heavy atom. The summed E-state index contributed by atoms with van der Waals surface area (Å²) in [5.74, 6) is 3.61. The van der Waals surface area contributed by atoms with E-state index in [-0.39, 0.29) is 5.91 Å². The Kier molecular flexibility index (Phi) is 6.85. The number of methoxy groups -OCH3 is 1. The molecule has 0 saturated heterocycles. The molecule has 1 aliphatic heterocycles. The largest absolute Gasteiger partial charge is 0.493 e. The maximum Gasteiger partial charge on any atom is 0.244 e. The lowest BCUT2D eigenvalue weighted by Crippen LogP contribution is -2.23. The first-order chi connectivity index (χ1) is 12.8. The molecule has 0 unspecified atom stereocenters. The Hall–Kier alpha value is -2.12. The van der Waals surface area contributed by atoms with E-state index in [0.29, 0.717) is 37.0 Å². The van der Waals surface area contributed by atoms with E-state index in [1.807, 2.05) is 23.9 Å². The average Bonchev–Trinajstić information content (AvgIpc) is 3.19. The fourth-order valence-corrected chi connectivity index (χ4v) is 4.13. The molecule has 0 atom stereocenters. The number of benzene rings is 1. The van der Waals surface area contributed by atoms with Crippen LogP contribution in [0.15, 0.2) is 35.7 Å². The number of fused-ring (bicyclic) bond motifs is 1. The van der Waals surface area contributed by atoms with Gasteiger partial charge < -0.3 is 19.5 Å². The van der Waals surface area contributed by atoms with E-state index < -0.39 is 0 Å². The molecule has 0 spiro atoms. The third kappa shape index (κ3) is 5.19. The van der Waals surface area contributed by atoms with Gasteiger partial charge in [0.15, 0.2) is 11.5 Å². The van der Waals surface area contributed by atoms with Gasteiger partial charge in [0.1, 0.15) is 13.2 Å². The van der Waals surface area contributed by atoms with Crippen LogP contribution in [-0.4, -0.2) is 38.5 Å². The molecule has 138 valence electrons. The van der Waals surface area contributed by atoms with Crippen molar-refractivity contribution in [3.63, 3.8) is 0 Å². The van der Waals surface area contributed by atoms with Crippen molar-refractivity contribution in [2.75, 3.05) is 32.6 Å². The van der Waals surface area contributed by atoms with Crippen LogP contribution >= 0.6 is 23.1 Å². The standard InChI is InChI=1S/C19H21NO4S2/c1-22-16-11-14(12-17-19(16)24-8-7-23-17)4-5-18(21)20-6-10-25-13-15-3-2-9-26-15/h2-5,9,11-12H,6-8,10,13H2,1H3,(H,20,21)/b5-4+. The van der Waals surface area contributed by atoms with Crippen molar-refractivity contribution in [3.8, 4) is 17.2 Å². The molecule has 0 aliphatic carbocycles. The van der Waals surface area contributed by atoms with E-state index in [9.17, 15) is 4.79 Å². The third-order valence-electron chi connectivity index (χ3n) is 3.65. The summed E-state index contributed by atoms with van der Waals surface area (Å²) in [5, 5.41) is 4.97. The van der Waals surface area contributed by atoms with Gasteiger partial charge in [-0.15, -0.1) is 11.3 Å². The molecule has 0 fully saturated rings. The van der Waals surface area contributed by atoms with Gasteiger partial charge in [0.05, 0.1) is 7.11 Å². The highest BCUT2D eigenvalue weighted by molar-refractivity contribution is 7.98. The molecule has 26 heavy (non-hydrogen) atoms. The number of hydrogen-bond acceptors (Lipinski definition) is 6. The van der Waals surface area contributed by atoms with Gasteiger partial charge in [0.25, 0.3) is 0 Å². The number of thioether (sulfide) groups is 1.